The first-order valence-electron chi connectivity index (χ1n) is 8.12. The molecule has 0 radical (unpaired) electrons. The molecule has 3 heteroatoms. The zero-order valence-corrected chi connectivity index (χ0v) is 14.7. The van der Waals surface area contributed by atoms with Gasteiger partial charge in [-0.25, -0.2) is 0 Å². The Morgan fingerprint density at radius 2 is 1.82 bits per heavy atom. The molecule has 122 valence electrons. The molecule has 1 aliphatic rings. The zero-order chi connectivity index (χ0) is 16.3. The van der Waals surface area contributed by atoms with Gasteiger partial charge in [0.25, 0.3) is 0 Å². The summed E-state index contributed by atoms with van der Waals surface area (Å²) in [6.45, 7) is 13.9. The molecule has 0 saturated carbocycles. The maximum Gasteiger partial charge on any atom is 0.0564 e. The van der Waals surface area contributed by atoms with Crippen molar-refractivity contribution >= 4 is 11.6 Å². The minimum absolute atomic E-state index is 0.0691. The molecule has 2 nitrogen and oxygen atoms in total. The van der Waals surface area contributed by atoms with Gasteiger partial charge in [0.05, 0.1) is 6.10 Å². The summed E-state index contributed by atoms with van der Waals surface area (Å²) in [6, 6.07) is 8.14. The molecule has 0 bridgehead atoms. The van der Waals surface area contributed by atoms with E-state index in [-0.39, 0.29) is 11.5 Å². The van der Waals surface area contributed by atoms with Crippen LogP contribution in [0.3, 0.4) is 0 Å². The zero-order valence-electron chi connectivity index (χ0n) is 14.0. The number of piperidine rings is 1. The first kappa shape index (κ1) is 17.5. The van der Waals surface area contributed by atoms with E-state index in [0.29, 0.717) is 5.92 Å². The highest BCUT2D eigenvalue weighted by molar-refractivity contribution is 6.30. The molecule has 1 aromatic carbocycles. The first-order valence-corrected chi connectivity index (χ1v) is 8.50. The van der Waals surface area contributed by atoms with Gasteiger partial charge in [-0.3, -0.25) is 0 Å². The van der Waals surface area contributed by atoms with Gasteiger partial charge in [0.1, 0.15) is 0 Å². The average molecular weight is 322 g/mol. The summed E-state index contributed by atoms with van der Waals surface area (Å²) < 4.78 is 0. The van der Waals surface area contributed by atoms with Crippen molar-refractivity contribution in [3.8, 4) is 0 Å². The highest BCUT2D eigenvalue weighted by atomic mass is 35.5. The highest BCUT2D eigenvalue weighted by Crippen LogP contribution is 2.37. The summed E-state index contributed by atoms with van der Waals surface area (Å²) in [7, 11) is 0. The number of rotatable bonds is 4. The van der Waals surface area contributed by atoms with Crippen LogP contribution >= 0.6 is 11.6 Å². The molecule has 1 aliphatic heterocycles. The summed E-state index contributed by atoms with van der Waals surface area (Å²) in [5.74, 6) is 0.299. The molecule has 0 aromatic heterocycles. The van der Waals surface area contributed by atoms with Crippen LogP contribution in [-0.2, 0) is 0 Å². The van der Waals surface area contributed by atoms with E-state index in [2.05, 4.69) is 44.4 Å². The van der Waals surface area contributed by atoms with E-state index in [1.165, 1.54) is 11.1 Å². The van der Waals surface area contributed by atoms with Gasteiger partial charge in [-0.2, -0.15) is 0 Å². The van der Waals surface area contributed by atoms with Crippen molar-refractivity contribution in [2.24, 2.45) is 5.41 Å². The normalized spacial score (nSPS) is 19.1. The third-order valence-electron chi connectivity index (χ3n) is 4.65. The second-order valence-electron chi connectivity index (χ2n) is 7.41. The SMILES string of the molecule is C=C(C(CN1CCC(O)CC1)c1ccc(Cl)cc1)C(C)(C)C. The maximum absolute atomic E-state index is 9.69. The molecule has 0 aliphatic carbocycles. The topological polar surface area (TPSA) is 23.5 Å². The number of likely N-dealkylation sites (tertiary alicyclic amines) is 1. The Hall–Kier alpha value is -0.830. The maximum atomic E-state index is 9.69. The van der Waals surface area contributed by atoms with Crippen molar-refractivity contribution in [2.45, 2.75) is 45.6 Å². The van der Waals surface area contributed by atoms with Gasteiger partial charge in [-0.1, -0.05) is 56.7 Å². The van der Waals surface area contributed by atoms with Crippen LogP contribution in [-0.4, -0.2) is 35.7 Å². The Balaban J connectivity index is 2.18. The monoisotopic (exact) mass is 321 g/mol. The summed E-state index contributed by atoms with van der Waals surface area (Å²) in [4.78, 5) is 2.45. The summed E-state index contributed by atoms with van der Waals surface area (Å²) >= 11 is 6.03. The quantitative estimate of drug-likeness (QED) is 0.826. The highest BCUT2D eigenvalue weighted by Gasteiger charge is 2.28. The van der Waals surface area contributed by atoms with Crippen LogP contribution in [0.25, 0.3) is 0 Å². The van der Waals surface area contributed by atoms with Gasteiger partial charge in [0, 0.05) is 30.6 Å². The van der Waals surface area contributed by atoms with Crippen LogP contribution in [0.2, 0.25) is 5.02 Å². The molecule has 1 fully saturated rings. The van der Waals surface area contributed by atoms with Gasteiger partial charge in [0.2, 0.25) is 0 Å². The predicted octanol–water partition coefficient (Wildman–Crippen LogP) is 4.48. The van der Waals surface area contributed by atoms with Gasteiger partial charge < -0.3 is 10.0 Å². The molecule has 1 unspecified atom stereocenters. The van der Waals surface area contributed by atoms with Crippen LogP contribution in [0.1, 0.15) is 45.1 Å². The van der Waals surface area contributed by atoms with Crippen molar-refractivity contribution in [3.05, 3.63) is 47.0 Å². The molecule has 1 atom stereocenters. The summed E-state index contributed by atoms with van der Waals surface area (Å²) in [5.41, 5.74) is 2.59. The predicted molar refractivity (Wildman–Crippen MR) is 94.5 cm³/mol. The number of hydrogen-bond acceptors (Lipinski definition) is 2. The van der Waals surface area contributed by atoms with Gasteiger partial charge in [0.15, 0.2) is 0 Å². The lowest BCUT2D eigenvalue weighted by molar-refractivity contribution is 0.0802. The Kier molecular flexibility index (Phi) is 5.70. The fourth-order valence-electron chi connectivity index (χ4n) is 2.99. The van der Waals surface area contributed by atoms with Crippen LogP contribution in [0.5, 0.6) is 0 Å². The second kappa shape index (κ2) is 7.16. The van der Waals surface area contributed by atoms with Gasteiger partial charge in [-0.05, 0) is 36.0 Å². The minimum atomic E-state index is -0.129. The fraction of sp³-hybridized carbons (Fsp3) is 0.579. The van der Waals surface area contributed by atoms with Gasteiger partial charge in [-0.15, -0.1) is 0 Å². The fourth-order valence-corrected chi connectivity index (χ4v) is 3.12. The van der Waals surface area contributed by atoms with Gasteiger partial charge >= 0.3 is 0 Å². The standard InChI is InChI=1S/C19H28ClNO/c1-14(19(2,3)4)18(15-5-7-16(20)8-6-15)13-21-11-9-17(22)10-12-21/h5-8,17-18,22H,1,9-13H2,2-4H3. The van der Waals surface area contributed by atoms with E-state index in [9.17, 15) is 5.11 Å². The largest absolute Gasteiger partial charge is 0.393 e. The van der Waals surface area contributed by atoms with E-state index in [1.807, 2.05) is 12.1 Å². The van der Waals surface area contributed by atoms with E-state index < -0.39 is 0 Å². The van der Waals surface area contributed by atoms with E-state index in [0.717, 1.165) is 37.5 Å². The number of nitrogens with zero attached hydrogens (tertiary/aromatic N) is 1. The second-order valence-corrected chi connectivity index (χ2v) is 7.85. The Morgan fingerprint density at radius 3 is 2.32 bits per heavy atom. The van der Waals surface area contributed by atoms with Crippen molar-refractivity contribution in [2.75, 3.05) is 19.6 Å². The van der Waals surface area contributed by atoms with Crippen molar-refractivity contribution < 1.29 is 5.11 Å². The number of halogens is 1. The molecule has 0 amide bonds. The van der Waals surface area contributed by atoms with Crippen molar-refractivity contribution in [3.63, 3.8) is 0 Å². The van der Waals surface area contributed by atoms with E-state index in [4.69, 9.17) is 11.6 Å². The lowest BCUT2D eigenvalue weighted by Crippen LogP contribution is -2.39. The smallest absolute Gasteiger partial charge is 0.0564 e. The van der Waals surface area contributed by atoms with Crippen LogP contribution in [0.4, 0.5) is 0 Å². The van der Waals surface area contributed by atoms with E-state index in [1.54, 1.807) is 0 Å². The van der Waals surface area contributed by atoms with Crippen molar-refractivity contribution in [1.29, 1.82) is 0 Å². The molecule has 22 heavy (non-hydrogen) atoms. The molecular formula is C19H28ClNO. The van der Waals surface area contributed by atoms with Crippen molar-refractivity contribution in [1.82, 2.24) is 4.90 Å². The number of aliphatic hydroxyl groups excluding tert-OH is 1. The summed E-state index contributed by atoms with van der Waals surface area (Å²) in [5, 5.41) is 10.5. The number of aliphatic hydroxyl groups is 1. The van der Waals surface area contributed by atoms with Crippen LogP contribution in [0, 0.1) is 5.41 Å². The minimum Gasteiger partial charge on any atom is -0.393 e. The molecule has 2 rings (SSSR count). The Bertz CT molecular complexity index is 495. The molecular weight excluding hydrogens is 294 g/mol. The molecule has 1 aromatic rings. The Labute approximate surface area is 139 Å². The Morgan fingerprint density at radius 1 is 1.27 bits per heavy atom. The van der Waals surface area contributed by atoms with Crippen LogP contribution < -0.4 is 0 Å². The molecule has 1 N–H and O–H groups in total. The lowest BCUT2D eigenvalue weighted by Gasteiger charge is -2.36. The van der Waals surface area contributed by atoms with Crippen LogP contribution in [0.15, 0.2) is 36.4 Å². The average Bonchev–Trinajstić information content (AvgIpc) is 2.46. The molecule has 0 spiro atoms. The molecule has 1 heterocycles. The van der Waals surface area contributed by atoms with E-state index >= 15 is 0 Å². The third kappa shape index (κ3) is 4.58. The molecule has 1 saturated heterocycles. The number of benzene rings is 1. The lowest BCUT2D eigenvalue weighted by atomic mass is 9.76. The number of hydrogen-bond donors (Lipinski definition) is 1. The summed E-state index contributed by atoms with van der Waals surface area (Å²) in [6.07, 6.45) is 1.61. The first-order chi connectivity index (χ1) is 10.3. The third-order valence-corrected chi connectivity index (χ3v) is 4.91.